The maximum atomic E-state index is 13.1. The monoisotopic (exact) mass is 280 g/mol. The zero-order valence-corrected chi connectivity index (χ0v) is 10.9. The topological polar surface area (TPSA) is 84.6 Å². The van der Waals surface area contributed by atoms with Crippen LogP contribution < -0.4 is 11.1 Å². The van der Waals surface area contributed by atoms with Gasteiger partial charge in [-0.05, 0) is 31.0 Å². The molecule has 3 rings (SSSR count). The second-order valence-electron chi connectivity index (χ2n) is 5.38. The molecule has 1 saturated carbocycles. The Labute approximate surface area is 115 Å². The van der Waals surface area contributed by atoms with Gasteiger partial charge in [0.2, 0.25) is 0 Å². The summed E-state index contributed by atoms with van der Waals surface area (Å²) in [6.45, 7) is 0.672. The average molecular weight is 280 g/mol. The molecule has 0 aromatic heterocycles. The van der Waals surface area contributed by atoms with E-state index in [9.17, 15) is 14.3 Å². The van der Waals surface area contributed by atoms with E-state index in [0.29, 0.717) is 6.61 Å². The van der Waals surface area contributed by atoms with Gasteiger partial charge < -0.3 is 20.9 Å². The van der Waals surface area contributed by atoms with Crippen LogP contribution in [0.15, 0.2) is 18.2 Å². The van der Waals surface area contributed by atoms with E-state index < -0.39 is 11.7 Å². The molecular weight excluding hydrogens is 263 g/mol. The number of fused-ring (bicyclic) bond motifs is 1. The lowest BCUT2D eigenvalue weighted by atomic mass is 9.68. The van der Waals surface area contributed by atoms with E-state index in [1.54, 1.807) is 0 Å². The molecule has 108 valence electrons. The number of ether oxygens (including phenoxy) is 1. The quantitative estimate of drug-likeness (QED) is 0.747. The highest BCUT2D eigenvalue weighted by molar-refractivity contribution is 5.97. The number of hydrogen-bond donors (Lipinski definition) is 3. The summed E-state index contributed by atoms with van der Waals surface area (Å²) in [4.78, 5) is 12.1. The standard InChI is InChI=1S/C14H17FN2O3/c15-7-3-4-10(18)9(6-7)14(19)17-12-11(16)8-2-1-5-20-13(8)12/h3-4,6,8,11-13,18H,1-2,5,16H2,(H,17,19). The third kappa shape index (κ3) is 2.14. The van der Waals surface area contributed by atoms with Crippen LogP contribution in [0.3, 0.4) is 0 Å². The van der Waals surface area contributed by atoms with Gasteiger partial charge in [-0.15, -0.1) is 0 Å². The largest absolute Gasteiger partial charge is 0.507 e. The molecule has 1 aromatic carbocycles. The molecule has 6 heteroatoms. The lowest BCUT2D eigenvalue weighted by molar-refractivity contribution is -0.117. The van der Waals surface area contributed by atoms with Crippen molar-refractivity contribution in [2.24, 2.45) is 11.7 Å². The number of halogens is 1. The summed E-state index contributed by atoms with van der Waals surface area (Å²) in [6.07, 6.45) is 1.92. The highest BCUT2D eigenvalue weighted by atomic mass is 19.1. The first-order valence-corrected chi connectivity index (χ1v) is 6.74. The van der Waals surface area contributed by atoms with Gasteiger partial charge in [0, 0.05) is 18.6 Å². The summed E-state index contributed by atoms with van der Waals surface area (Å²) in [5.74, 6) is -1.08. The molecule has 0 bridgehead atoms. The van der Waals surface area contributed by atoms with E-state index in [1.807, 2.05) is 0 Å². The van der Waals surface area contributed by atoms with Crippen molar-refractivity contribution >= 4 is 5.91 Å². The average Bonchev–Trinajstić information content (AvgIpc) is 2.46. The molecule has 0 radical (unpaired) electrons. The highest BCUT2D eigenvalue weighted by Gasteiger charge is 2.51. The molecule has 1 heterocycles. The van der Waals surface area contributed by atoms with Crippen molar-refractivity contribution in [2.75, 3.05) is 6.61 Å². The van der Waals surface area contributed by atoms with E-state index in [4.69, 9.17) is 10.5 Å². The maximum Gasteiger partial charge on any atom is 0.255 e. The van der Waals surface area contributed by atoms with E-state index in [2.05, 4.69) is 5.32 Å². The first-order chi connectivity index (χ1) is 9.58. The number of rotatable bonds is 2. The third-order valence-corrected chi connectivity index (χ3v) is 4.18. The van der Waals surface area contributed by atoms with Crippen LogP contribution in [-0.2, 0) is 4.74 Å². The number of aromatic hydroxyl groups is 1. The number of benzene rings is 1. The summed E-state index contributed by atoms with van der Waals surface area (Å²) in [5, 5.41) is 12.4. The molecular formula is C14H17FN2O3. The van der Waals surface area contributed by atoms with Gasteiger partial charge in [0.15, 0.2) is 0 Å². The summed E-state index contributed by atoms with van der Waals surface area (Å²) in [6, 6.07) is 2.83. The Morgan fingerprint density at radius 3 is 3.10 bits per heavy atom. The SMILES string of the molecule is NC1C2CCCOC2C1NC(=O)c1cc(F)ccc1O. The molecule has 1 aliphatic heterocycles. The Morgan fingerprint density at radius 1 is 1.50 bits per heavy atom. The number of nitrogens with one attached hydrogen (secondary N) is 1. The third-order valence-electron chi connectivity index (χ3n) is 4.18. The lowest BCUT2D eigenvalue weighted by Gasteiger charge is -2.52. The fourth-order valence-corrected chi connectivity index (χ4v) is 3.05. The van der Waals surface area contributed by atoms with Crippen LogP contribution in [0.25, 0.3) is 0 Å². The number of carbonyl (C=O) groups is 1. The molecule has 2 fully saturated rings. The molecule has 2 aliphatic rings. The zero-order valence-electron chi connectivity index (χ0n) is 10.9. The Bertz CT molecular complexity index is 537. The summed E-state index contributed by atoms with van der Waals surface area (Å²) < 4.78 is 18.8. The van der Waals surface area contributed by atoms with Crippen LogP contribution in [0.2, 0.25) is 0 Å². The van der Waals surface area contributed by atoms with Gasteiger partial charge in [0.05, 0.1) is 17.7 Å². The number of carbonyl (C=O) groups excluding carboxylic acids is 1. The van der Waals surface area contributed by atoms with Crippen molar-refractivity contribution in [3.63, 3.8) is 0 Å². The number of hydrogen-bond acceptors (Lipinski definition) is 4. The fourth-order valence-electron chi connectivity index (χ4n) is 3.05. The van der Waals surface area contributed by atoms with E-state index in [-0.39, 0.29) is 35.4 Å². The van der Waals surface area contributed by atoms with Gasteiger partial charge in [0.25, 0.3) is 5.91 Å². The van der Waals surface area contributed by atoms with Gasteiger partial charge in [-0.2, -0.15) is 0 Å². The van der Waals surface area contributed by atoms with Crippen molar-refractivity contribution in [2.45, 2.75) is 31.0 Å². The van der Waals surface area contributed by atoms with Crippen molar-refractivity contribution in [3.8, 4) is 5.75 Å². The summed E-state index contributed by atoms with van der Waals surface area (Å²) in [7, 11) is 0. The molecule has 4 unspecified atom stereocenters. The number of amides is 1. The Morgan fingerprint density at radius 2 is 2.30 bits per heavy atom. The van der Waals surface area contributed by atoms with Crippen LogP contribution in [-0.4, -0.2) is 35.8 Å². The zero-order chi connectivity index (χ0) is 14.3. The Balaban J connectivity index is 1.71. The van der Waals surface area contributed by atoms with Crippen LogP contribution in [0.5, 0.6) is 5.75 Å². The van der Waals surface area contributed by atoms with Gasteiger partial charge in [-0.1, -0.05) is 0 Å². The summed E-state index contributed by atoms with van der Waals surface area (Å²) in [5.41, 5.74) is 5.95. The van der Waals surface area contributed by atoms with E-state index in [1.165, 1.54) is 0 Å². The maximum absolute atomic E-state index is 13.1. The molecule has 4 atom stereocenters. The fraction of sp³-hybridized carbons (Fsp3) is 0.500. The molecule has 5 nitrogen and oxygen atoms in total. The van der Waals surface area contributed by atoms with Crippen molar-refractivity contribution < 1.29 is 19.0 Å². The van der Waals surface area contributed by atoms with Crippen LogP contribution in [0.4, 0.5) is 4.39 Å². The predicted molar refractivity (Wildman–Crippen MR) is 69.8 cm³/mol. The molecule has 1 saturated heterocycles. The van der Waals surface area contributed by atoms with Gasteiger partial charge >= 0.3 is 0 Å². The molecule has 1 amide bonds. The second-order valence-corrected chi connectivity index (χ2v) is 5.38. The molecule has 0 spiro atoms. The Kier molecular flexibility index (Phi) is 3.35. The number of nitrogens with two attached hydrogens (primary N) is 1. The number of phenols is 1. The minimum atomic E-state index is -0.572. The Hall–Kier alpha value is -1.66. The normalized spacial score (nSPS) is 32.1. The van der Waals surface area contributed by atoms with Gasteiger partial charge in [-0.3, -0.25) is 4.79 Å². The first kappa shape index (κ1) is 13.3. The molecule has 4 N–H and O–H groups in total. The molecule has 1 aromatic rings. The van der Waals surface area contributed by atoms with Gasteiger partial charge in [-0.25, -0.2) is 4.39 Å². The first-order valence-electron chi connectivity index (χ1n) is 6.74. The smallest absolute Gasteiger partial charge is 0.255 e. The summed E-state index contributed by atoms with van der Waals surface area (Å²) >= 11 is 0. The minimum absolute atomic E-state index is 0.0709. The van der Waals surface area contributed by atoms with Crippen LogP contribution in [0, 0.1) is 11.7 Å². The van der Waals surface area contributed by atoms with Gasteiger partial charge in [0.1, 0.15) is 11.6 Å². The second kappa shape index (κ2) is 5.03. The molecule has 1 aliphatic carbocycles. The van der Waals surface area contributed by atoms with Crippen LogP contribution in [0.1, 0.15) is 23.2 Å². The van der Waals surface area contributed by atoms with E-state index >= 15 is 0 Å². The minimum Gasteiger partial charge on any atom is -0.507 e. The van der Waals surface area contributed by atoms with Crippen molar-refractivity contribution in [3.05, 3.63) is 29.6 Å². The number of phenolic OH excluding ortho intramolecular Hbond substituents is 1. The van der Waals surface area contributed by atoms with Crippen molar-refractivity contribution in [1.29, 1.82) is 0 Å². The lowest BCUT2D eigenvalue weighted by Crippen LogP contribution is -2.72. The van der Waals surface area contributed by atoms with E-state index in [0.717, 1.165) is 31.0 Å². The highest BCUT2D eigenvalue weighted by Crippen LogP contribution is 2.37. The predicted octanol–water partition coefficient (Wildman–Crippen LogP) is 0.766. The van der Waals surface area contributed by atoms with Crippen molar-refractivity contribution in [1.82, 2.24) is 5.32 Å². The molecule has 20 heavy (non-hydrogen) atoms. The van der Waals surface area contributed by atoms with Crippen LogP contribution >= 0.6 is 0 Å².